The van der Waals surface area contributed by atoms with Gasteiger partial charge in [0.05, 0.1) is 17.5 Å². The first-order chi connectivity index (χ1) is 9.39. The number of rotatable bonds is 4. The van der Waals surface area contributed by atoms with Gasteiger partial charge in [0.25, 0.3) is 0 Å². The normalized spacial score (nSPS) is 29.0. The Morgan fingerprint density at radius 2 is 2.00 bits per heavy atom. The molecule has 8 heteroatoms. The molecule has 2 rings (SSSR count). The Bertz CT molecular complexity index is 484. The average Bonchev–Trinajstić information content (AvgIpc) is 2.76. The van der Waals surface area contributed by atoms with E-state index in [1.165, 1.54) is 4.90 Å². The average molecular weight is 304 g/mol. The second-order valence-electron chi connectivity index (χ2n) is 5.42. The van der Waals surface area contributed by atoms with Gasteiger partial charge in [-0.25, -0.2) is 8.42 Å². The summed E-state index contributed by atoms with van der Waals surface area (Å²) < 4.78 is 23.1. The summed E-state index contributed by atoms with van der Waals surface area (Å²) in [5.74, 6) is -1.49. The SMILES string of the molecule is O=C(O)CN(C(=O)[C@@H]1CCCCN1)C1CCS(=O)(=O)C1. The van der Waals surface area contributed by atoms with Gasteiger partial charge in [-0.15, -0.1) is 0 Å². The van der Waals surface area contributed by atoms with Crippen molar-refractivity contribution in [3.05, 3.63) is 0 Å². The Morgan fingerprint density at radius 3 is 2.50 bits per heavy atom. The lowest BCUT2D eigenvalue weighted by atomic mass is 10.0. The Morgan fingerprint density at radius 1 is 1.25 bits per heavy atom. The predicted octanol–water partition coefficient (Wildman–Crippen LogP) is -0.771. The fourth-order valence-electron chi connectivity index (χ4n) is 2.82. The van der Waals surface area contributed by atoms with E-state index in [1.54, 1.807) is 0 Å². The van der Waals surface area contributed by atoms with Gasteiger partial charge in [0.1, 0.15) is 6.54 Å². The Kier molecular flexibility index (Phi) is 4.64. The highest BCUT2D eigenvalue weighted by Crippen LogP contribution is 2.20. The molecule has 1 unspecified atom stereocenters. The van der Waals surface area contributed by atoms with Crippen LogP contribution in [0.25, 0.3) is 0 Å². The maximum absolute atomic E-state index is 12.4. The van der Waals surface area contributed by atoms with E-state index in [-0.39, 0.29) is 23.5 Å². The predicted molar refractivity (Wildman–Crippen MR) is 72.0 cm³/mol. The van der Waals surface area contributed by atoms with Crippen LogP contribution in [0.4, 0.5) is 0 Å². The zero-order chi connectivity index (χ0) is 14.8. The topological polar surface area (TPSA) is 104 Å². The molecule has 0 aromatic carbocycles. The number of carboxylic acids is 1. The van der Waals surface area contributed by atoms with Crippen molar-refractivity contribution in [3.63, 3.8) is 0 Å². The van der Waals surface area contributed by atoms with Crippen molar-refractivity contribution in [2.75, 3.05) is 24.6 Å². The van der Waals surface area contributed by atoms with Crippen molar-refractivity contribution in [3.8, 4) is 0 Å². The molecule has 2 N–H and O–H groups in total. The second kappa shape index (κ2) is 6.09. The summed E-state index contributed by atoms with van der Waals surface area (Å²) in [6.45, 7) is 0.303. The maximum Gasteiger partial charge on any atom is 0.323 e. The first-order valence-corrected chi connectivity index (χ1v) is 8.67. The van der Waals surface area contributed by atoms with Gasteiger partial charge in [0, 0.05) is 6.04 Å². The zero-order valence-corrected chi connectivity index (χ0v) is 12.1. The van der Waals surface area contributed by atoms with Crippen molar-refractivity contribution in [2.45, 2.75) is 37.8 Å². The maximum atomic E-state index is 12.4. The lowest BCUT2D eigenvalue weighted by Crippen LogP contribution is -2.53. The molecule has 114 valence electrons. The fraction of sp³-hybridized carbons (Fsp3) is 0.833. The highest BCUT2D eigenvalue weighted by atomic mass is 32.2. The van der Waals surface area contributed by atoms with Crippen LogP contribution >= 0.6 is 0 Å². The van der Waals surface area contributed by atoms with Crippen LogP contribution in [0.1, 0.15) is 25.7 Å². The van der Waals surface area contributed by atoms with E-state index in [9.17, 15) is 18.0 Å². The van der Waals surface area contributed by atoms with Gasteiger partial charge >= 0.3 is 5.97 Å². The number of carboxylic acid groups (broad SMARTS) is 1. The third-order valence-electron chi connectivity index (χ3n) is 3.85. The number of nitrogens with zero attached hydrogens (tertiary/aromatic N) is 1. The minimum atomic E-state index is -3.15. The molecule has 0 aromatic rings. The van der Waals surface area contributed by atoms with Crippen LogP contribution in [0.2, 0.25) is 0 Å². The van der Waals surface area contributed by atoms with Crippen LogP contribution in [0.5, 0.6) is 0 Å². The van der Waals surface area contributed by atoms with E-state index in [0.29, 0.717) is 12.8 Å². The Balaban J connectivity index is 2.10. The molecule has 0 spiro atoms. The van der Waals surface area contributed by atoms with Gasteiger partial charge in [0.15, 0.2) is 9.84 Å². The number of sulfone groups is 1. The minimum absolute atomic E-state index is 0.0269. The molecule has 0 saturated carbocycles. The van der Waals surface area contributed by atoms with Crippen LogP contribution in [0.3, 0.4) is 0 Å². The molecule has 0 aliphatic carbocycles. The zero-order valence-electron chi connectivity index (χ0n) is 11.2. The van der Waals surface area contributed by atoms with E-state index < -0.39 is 28.4 Å². The molecule has 0 aromatic heterocycles. The molecule has 2 saturated heterocycles. The van der Waals surface area contributed by atoms with E-state index in [1.807, 2.05) is 0 Å². The molecule has 20 heavy (non-hydrogen) atoms. The quantitative estimate of drug-likeness (QED) is 0.707. The molecule has 2 heterocycles. The van der Waals surface area contributed by atoms with Crippen molar-refractivity contribution in [2.24, 2.45) is 0 Å². The van der Waals surface area contributed by atoms with Crippen molar-refractivity contribution in [1.29, 1.82) is 0 Å². The fourth-order valence-corrected chi connectivity index (χ4v) is 4.55. The van der Waals surface area contributed by atoms with Crippen LogP contribution in [0.15, 0.2) is 0 Å². The van der Waals surface area contributed by atoms with E-state index in [2.05, 4.69) is 5.32 Å². The summed E-state index contributed by atoms with van der Waals surface area (Å²) in [7, 11) is -3.15. The molecule has 0 radical (unpaired) electrons. The van der Waals surface area contributed by atoms with Crippen molar-refractivity contribution in [1.82, 2.24) is 10.2 Å². The molecule has 2 aliphatic heterocycles. The lowest BCUT2D eigenvalue weighted by molar-refractivity contribution is -0.147. The molecular weight excluding hydrogens is 284 g/mol. The summed E-state index contributed by atoms with van der Waals surface area (Å²) in [4.78, 5) is 24.6. The van der Waals surface area contributed by atoms with E-state index in [0.717, 1.165) is 19.4 Å². The monoisotopic (exact) mass is 304 g/mol. The number of piperidine rings is 1. The first-order valence-electron chi connectivity index (χ1n) is 6.85. The van der Waals surface area contributed by atoms with Gasteiger partial charge in [-0.2, -0.15) is 0 Å². The van der Waals surface area contributed by atoms with E-state index in [4.69, 9.17) is 5.11 Å². The van der Waals surface area contributed by atoms with Gasteiger partial charge in [0.2, 0.25) is 5.91 Å². The third-order valence-corrected chi connectivity index (χ3v) is 5.60. The number of hydrogen-bond donors (Lipinski definition) is 2. The molecule has 2 atom stereocenters. The third kappa shape index (κ3) is 3.69. The molecule has 2 aliphatic rings. The second-order valence-corrected chi connectivity index (χ2v) is 7.65. The number of nitrogens with one attached hydrogen (secondary N) is 1. The molecule has 1 amide bonds. The van der Waals surface area contributed by atoms with Gasteiger partial charge in [-0.1, -0.05) is 6.42 Å². The number of amides is 1. The standard InChI is InChI=1S/C12H20N2O5S/c15-11(16)7-14(9-4-6-20(18,19)8-9)12(17)10-3-1-2-5-13-10/h9-10,13H,1-8H2,(H,15,16)/t9?,10-/m0/s1. The molecule has 0 bridgehead atoms. The first kappa shape index (κ1) is 15.2. The summed E-state index contributed by atoms with van der Waals surface area (Å²) in [6, 6.07) is -0.890. The van der Waals surface area contributed by atoms with Crippen LogP contribution < -0.4 is 5.32 Å². The summed E-state index contributed by atoms with van der Waals surface area (Å²) >= 11 is 0. The minimum Gasteiger partial charge on any atom is -0.480 e. The molecule has 2 fully saturated rings. The summed E-state index contributed by atoms with van der Waals surface area (Å²) in [5, 5.41) is 12.0. The number of aliphatic carboxylic acids is 1. The smallest absolute Gasteiger partial charge is 0.323 e. The van der Waals surface area contributed by atoms with Gasteiger partial charge < -0.3 is 15.3 Å². The van der Waals surface area contributed by atoms with Gasteiger partial charge in [-0.05, 0) is 25.8 Å². The van der Waals surface area contributed by atoms with Crippen LogP contribution in [-0.2, 0) is 19.4 Å². The highest BCUT2D eigenvalue weighted by Gasteiger charge is 2.38. The number of hydrogen-bond acceptors (Lipinski definition) is 5. The number of carbonyl (C=O) groups excluding carboxylic acids is 1. The lowest BCUT2D eigenvalue weighted by Gasteiger charge is -2.32. The highest BCUT2D eigenvalue weighted by molar-refractivity contribution is 7.91. The van der Waals surface area contributed by atoms with E-state index >= 15 is 0 Å². The van der Waals surface area contributed by atoms with Crippen LogP contribution in [0, 0.1) is 0 Å². The van der Waals surface area contributed by atoms with Crippen molar-refractivity contribution < 1.29 is 23.1 Å². The van der Waals surface area contributed by atoms with Crippen molar-refractivity contribution >= 4 is 21.7 Å². The number of carbonyl (C=O) groups is 2. The van der Waals surface area contributed by atoms with Gasteiger partial charge in [-0.3, -0.25) is 9.59 Å². The van der Waals surface area contributed by atoms with Crippen LogP contribution in [-0.4, -0.2) is 67.0 Å². The summed E-state index contributed by atoms with van der Waals surface area (Å²) in [6.07, 6.45) is 2.93. The molecular formula is C12H20N2O5S. The largest absolute Gasteiger partial charge is 0.480 e. The Hall–Kier alpha value is -1.15. The summed E-state index contributed by atoms with van der Waals surface area (Å²) in [5.41, 5.74) is 0. The Labute approximate surface area is 118 Å². The molecule has 7 nitrogen and oxygen atoms in total.